The molecular formula is C12H17BrN2O2S. The van der Waals surface area contributed by atoms with Crippen LogP contribution >= 0.6 is 15.9 Å². The average Bonchev–Trinajstić information content (AvgIpc) is 2.77. The average molecular weight is 333 g/mol. The maximum Gasteiger partial charge on any atom is 0.211 e. The second-order valence-electron chi connectivity index (χ2n) is 4.56. The third-order valence-electron chi connectivity index (χ3n) is 3.38. The molecular weight excluding hydrogens is 316 g/mol. The zero-order chi connectivity index (χ0) is 13.2. The van der Waals surface area contributed by atoms with Gasteiger partial charge in [0.1, 0.15) is 0 Å². The summed E-state index contributed by atoms with van der Waals surface area (Å²) in [7, 11) is -1.69. The van der Waals surface area contributed by atoms with Crippen LogP contribution in [0.25, 0.3) is 0 Å². The monoisotopic (exact) mass is 332 g/mol. The fourth-order valence-corrected chi connectivity index (χ4v) is 3.72. The van der Waals surface area contributed by atoms with E-state index in [-0.39, 0.29) is 17.6 Å². The van der Waals surface area contributed by atoms with Gasteiger partial charge in [0.25, 0.3) is 0 Å². The Labute approximate surface area is 116 Å². The molecule has 0 aliphatic carbocycles. The number of hydrogen-bond donors (Lipinski definition) is 2. The Hall–Kier alpha value is -0.430. The Bertz CT molecular complexity index is 501. The molecule has 1 aliphatic rings. The summed E-state index contributed by atoms with van der Waals surface area (Å²) in [6.07, 6.45) is 0. The van der Waals surface area contributed by atoms with Crippen molar-refractivity contribution >= 4 is 26.0 Å². The standard InChI is InChI=1S/C12H17BrN2O2S/c1-14-18(16,17)8-10-6-15-7-12(10)9-2-4-11(13)5-3-9/h2-5,10,12,14-15H,6-8H2,1H3. The Morgan fingerprint density at radius 2 is 2.00 bits per heavy atom. The minimum atomic E-state index is -3.15. The van der Waals surface area contributed by atoms with Crippen molar-refractivity contribution in [1.82, 2.24) is 10.0 Å². The molecule has 1 heterocycles. The molecule has 0 amide bonds. The van der Waals surface area contributed by atoms with Crippen molar-refractivity contribution in [1.29, 1.82) is 0 Å². The van der Waals surface area contributed by atoms with E-state index in [0.29, 0.717) is 0 Å². The fraction of sp³-hybridized carbons (Fsp3) is 0.500. The molecule has 6 heteroatoms. The maximum atomic E-state index is 11.6. The molecule has 0 saturated carbocycles. The van der Waals surface area contributed by atoms with Crippen LogP contribution in [0.2, 0.25) is 0 Å². The first kappa shape index (κ1) is 14.0. The summed E-state index contributed by atoms with van der Waals surface area (Å²) >= 11 is 3.41. The van der Waals surface area contributed by atoms with Gasteiger partial charge in [-0.25, -0.2) is 13.1 Å². The van der Waals surface area contributed by atoms with Gasteiger partial charge in [-0.1, -0.05) is 28.1 Å². The molecule has 0 radical (unpaired) electrons. The highest BCUT2D eigenvalue weighted by Crippen LogP contribution is 2.29. The summed E-state index contributed by atoms with van der Waals surface area (Å²) < 4.78 is 26.7. The zero-order valence-corrected chi connectivity index (χ0v) is 12.6. The van der Waals surface area contributed by atoms with Crippen LogP contribution < -0.4 is 10.0 Å². The van der Waals surface area contributed by atoms with Gasteiger partial charge in [-0.15, -0.1) is 0 Å². The topological polar surface area (TPSA) is 58.2 Å². The third-order valence-corrected chi connectivity index (χ3v) is 5.40. The smallest absolute Gasteiger partial charge is 0.211 e. The van der Waals surface area contributed by atoms with Gasteiger partial charge in [0.2, 0.25) is 10.0 Å². The number of hydrogen-bond acceptors (Lipinski definition) is 3. The summed E-state index contributed by atoms with van der Waals surface area (Å²) in [5.74, 6) is 0.571. The first-order valence-corrected chi connectivity index (χ1v) is 8.34. The van der Waals surface area contributed by atoms with Crippen molar-refractivity contribution in [2.24, 2.45) is 5.92 Å². The molecule has 0 aromatic heterocycles. The lowest BCUT2D eigenvalue weighted by atomic mass is 9.90. The van der Waals surface area contributed by atoms with E-state index in [1.54, 1.807) is 0 Å². The minimum absolute atomic E-state index is 0.128. The molecule has 18 heavy (non-hydrogen) atoms. The van der Waals surface area contributed by atoms with E-state index < -0.39 is 10.0 Å². The summed E-state index contributed by atoms with van der Waals surface area (Å²) in [6, 6.07) is 8.11. The number of halogens is 1. The van der Waals surface area contributed by atoms with Gasteiger partial charge in [-0.05, 0) is 37.2 Å². The van der Waals surface area contributed by atoms with E-state index in [1.807, 2.05) is 12.1 Å². The van der Waals surface area contributed by atoms with E-state index >= 15 is 0 Å². The van der Waals surface area contributed by atoms with Crippen LogP contribution in [-0.2, 0) is 10.0 Å². The van der Waals surface area contributed by atoms with Crippen LogP contribution in [0.5, 0.6) is 0 Å². The Kier molecular flexibility index (Phi) is 4.42. The van der Waals surface area contributed by atoms with Gasteiger partial charge in [0, 0.05) is 16.9 Å². The summed E-state index contributed by atoms with van der Waals surface area (Å²) in [5, 5.41) is 3.28. The quantitative estimate of drug-likeness (QED) is 0.873. The van der Waals surface area contributed by atoms with E-state index in [0.717, 1.165) is 17.6 Å². The van der Waals surface area contributed by atoms with Crippen molar-refractivity contribution in [2.45, 2.75) is 5.92 Å². The first-order chi connectivity index (χ1) is 8.52. The van der Waals surface area contributed by atoms with Gasteiger partial charge in [0.15, 0.2) is 0 Å². The van der Waals surface area contributed by atoms with Crippen molar-refractivity contribution < 1.29 is 8.42 Å². The fourth-order valence-electron chi connectivity index (χ4n) is 2.37. The number of benzene rings is 1. The summed E-state index contributed by atoms with van der Waals surface area (Å²) in [5.41, 5.74) is 1.19. The van der Waals surface area contributed by atoms with Gasteiger partial charge in [-0.3, -0.25) is 0 Å². The molecule has 2 N–H and O–H groups in total. The molecule has 100 valence electrons. The predicted molar refractivity (Wildman–Crippen MR) is 76.1 cm³/mol. The number of rotatable bonds is 4. The van der Waals surface area contributed by atoms with Crippen molar-refractivity contribution in [3.63, 3.8) is 0 Å². The molecule has 2 atom stereocenters. The molecule has 1 aliphatic heterocycles. The molecule has 1 saturated heterocycles. The largest absolute Gasteiger partial charge is 0.316 e. The van der Waals surface area contributed by atoms with Crippen LogP contribution in [0.15, 0.2) is 28.7 Å². The van der Waals surface area contributed by atoms with Crippen molar-refractivity contribution in [3.8, 4) is 0 Å². The van der Waals surface area contributed by atoms with Gasteiger partial charge in [-0.2, -0.15) is 0 Å². The van der Waals surface area contributed by atoms with Crippen LogP contribution in [0.4, 0.5) is 0 Å². The Balaban J connectivity index is 2.15. The van der Waals surface area contributed by atoms with Gasteiger partial charge < -0.3 is 5.32 Å². The van der Waals surface area contributed by atoms with Gasteiger partial charge in [0.05, 0.1) is 5.75 Å². The lowest BCUT2D eigenvalue weighted by molar-refractivity contribution is 0.537. The second-order valence-corrected chi connectivity index (χ2v) is 7.45. The van der Waals surface area contributed by atoms with Gasteiger partial charge >= 0.3 is 0 Å². The highest BCUT2D eigenvalue weighted by atomic mass is 79.9. The zero-order valence-electron chi connectivity index (χ0n) is 10.2. The number of sulfonamides is 1. The minimum Gasteiger partial charge on any atom is -0.316 e. The van der Waals surface area contributed by atoms with E-state index in [4.69, 9.17) is 0 Å². The SMILES string of the molecule is CNS(=O)(=O)CC1CNCC1c1ccc(Br)cc1. The van der Waals surface area contributed by atoms with Crippen molar-refractivity contribution in [3.05, 3.63) is 34.3 Å². The Morgan fingerprint density at radius 3 is 2.61 bits per heavy atom. The summed E-state index contributed by atoms with van der Waals surface area (Å²) in [4.78, 5) is 0. The highest BCUT2D eigenvalue weighted by Gasteiger charge is 2.31. The second kappa shape index (κ2) is 5.69. The molecule has 1 aromatic carbocycles. The van der Waals surface area contributed by atoms with Crippen LogP contribution in [0.3, 0.4) is 0 Å². The normalized spacial score (nSPS) is 24.3. The molecule has 2 rings (SSSR count). The van der Waals surface area contributed by atoms with Crippen LogP contribution in [-0.4, -0.2) is 34.3 Å². The lowest BCUT2D eigenvalue weighted by Gasteiger charge is -2.18. The van der Waals surface area contributed by atoms with E-state index in [2.05, 4.69) is 38.1 Å². The molecule has 4 nitrogen and oxygen atoms in total. The maximum absolute atomic E-state index is 11.6. The number of nitrogens with one attached hydrogen (secondary N) is 2. The highest BCUT2D eigenvalue weighted by molar-refractivity contribution is 9.10. The molecule has 0 bridgehead atoms. The van der Waals surface area contributed by atoms with Crippen molar-refractivity contribution in [2.75, 3.05) is 25.9 Å². The Morgan fingerprint density at radius 1 is 1.33 bits per heavy atom. The third kappa shape index (κ3) is 3.32. The predicted octanol–water partition coefficient (Wildman–Crippen LogP) is 1.30. The summed E-state index contributed by atoms with van der Waals surface area (Å²) in [6.45, 7) is 1.59. The van der Waals surface area contributed by atoms with Crippen LogP contribution in [0.1, 0.15) is 11.5 Å². The molecule has 1 fully saturated rings. The molecule has 1 aromatic rings. The first-order valence-electron chi connectivity index (χ1n) is 5.89. The lowest BCUT2D eigenvalue weighted by Crippen LogP contribution is -2.29. The molecule has 0 spiro atoms. The van der Waals surface area contributed by atoms with E-state index in [9.17, 15) is 8.42 Å². The van der Waals surface area contributed by atoms with Crippen LogP contribution in [0, 0.1) is 5.92 Å². The molecule has 2 unspecified atom stereocenters. The van der Waals surface area contributed by atoms with E-state index in [1.165, 1.54) is 12.6 Å².